The van der Waals surface area contributed by atoms with Crippen LogP contribution in [0.5, 0.6) is 0 Å². The van der Waals surface area contributed by atoms with E-state index in [1.54, 1.807) is 7.11 Å². The van der Waals surface area contributed by atoms with Crippen LogP contribution in [0.4, 0.5) is 5.82 Å². The molecule has 2 N–H and O–H groups in total. The third-order valence-electron chi connectivity index (χ3n) is 3.46. The van der Waals surface area contributed by atoms with Gasteiger partial charge in [-0.3, -0.25) is 0 Å². The molecule has 21 heavy (non-hydrogen) atoms. The largest absolute Gasteiger partial charge is 0.383 e. The molecule has 0 saturated carbocycles. The summed E-state index contributed by atoms with van der Waals surface area (Å²) in [7, 11) is 1.70. The van der Waals surface area contributed by atoms with Gasteiger partial charge in [-0.05, 0) is 17.5 Å². The number of methoxy groups -OCH3 is 1. The minimum absolute atomic E-state index is 0.541. The van der Waals surface area contributed by atoms with Gasteiger partial charge in [0.1, 0.15) is 17.3 Å². The number of nitrogens with zero attached hydrogens (tertiary/aromatic N) is 2. The van der Waals surface area contributed by atoms with Gasteiger partial charge in [0.15, 0.2) is 0 Å². The molecule has 2 rings (SSSR count). The summed E-state index contributed by atoms with van der Waals surface area (Å²) in [6.07, 6.45) is 0.884. The molecule has 0 radical (unpaired) electrons. The van der Waals surface area contributed by atoms with E-state index >= 15 is 0 Å². The lowest BCUT2D eigenvalue weighted by molar-refractivity contribution is 0.185. The first kappa shape index (κ1) is 15.6. The highest BCUT2D eigenvalue weighted by atomic mass is 16.5. The Morgan fingerprint density at radius 2 is 2.10 bits per heavy atom. The summed E-state index contributed by atoms with van der Waals surface area (Å²) in [5, 5.41) is 0. The number of hydrogen-bond acceptors (Lipinski definition) is 3. The Balaban J connectivity index is 2.44. The molecule has 114 valence electrons. The molecule has 1 aromatic carbocycles. The number of benzene rings is 1. The molecule has 0 unspecified atom stereocenters. The number of anilines is 1. The number of hydrogen-bond donors (Lipinski definition) is 1. The Kier molecular flexibility index (Phi) is 5.02. The first-order valence-electron chi connectivity index (χ1n) is 7.49. The van der Waals surface area contributed by atoms with E-state index < -0.39 is 0 Å². The molecule has 0 bridgehead atoms. The zero-order valence-electron chi connectivity index (χ0n) is 13.4. The molecular formula is C17H25N3O. The number of nitrogens with two attached hydrogens (primary N) is 1. The predicted molar refractivity (Wildman–Crippen MR) is 87.0 cm³/mol. The van der Waals surface area contributed by atoms with E-state index in [2.05, 4.69) is 43.5 Å². The van der Waals surface area contributed by atoms with Crippen molar-refractivity contribution in [3.8, 4) is 11.3 Å². The SMILES string of the molecule is CCc1nc(-c2cccc(COC)c2)c(N)n1CC(C)C. The average Bonchev–Trinajstić information content (AvgIpc) is 2.76. The normalized spacial score (nSPS) is 11.3. The Hall–Kier alpha value is -1.81. The van der Waals surface area contributed by atoms with Crippen LogP contribution in [-0.2, 0) is 24.3 Å². The topological polar surface area (TPSA) is 53.1 Å². The molecule has 2 aromatic rings. The molecule has 0 aliphatic rings. The molecule has 0 fully saturated rings. The van der Waals surface area contributed by atoms with Crippen molar-refractivity contribution in [1.82, 2.24) is 9.55 Å². The second-order valence-electron chi connectivity index (χ2n) is 5.75. The van der Waals surface area contributed by atoms with Crippen molar-refractivity contribution < 1.29 is 4.74 Å². The molecule has 0 spiro atoms. The summed E-state index contributed by atoms with van der Waals surface area (Å²) in [6.45, 7) is 8.00. The van der Waals surface area contributed by atoms with E-state index in [1.807, 2.05) is 6.07 Å². The molecule has 1 aromatic heterocycles. The lowest BCUT2D eigenvalue weighted by Gasteiger charge is -2.11. The fraction of sp³-hybridized carbons (Fsp3) is 0.471. The van der Waals surface area contributed by atoms with E-state index in [9.17, 15) is 0 Å². The van der Waals surface area contributed by atoms with Gasteiger partial charge in [0.25, 0.3) is 0 Å². The van der Waals surface area contributed by atoms with Gasteiger partial charge in [-0.25, -0.2) is 4.98 Å². The van der Waals surface area contributed by atoms with Crippen molar-refractivity contribution in [2.75, 3.05) is 12.8 Å². The number of rotatable bonds is 6. The lowest BCUT2D eigenvalue weighted by Crippen LogP contribution is -2.10. The van der Waals surface area contributed by atoms with Crippen LogP contribution < -0.4 is 5.73 Å². The second-order valence-corrected chi connectivity index (χ2v) is 5.75. The van der Waals surface area contributed by atoms with Gasteiger partial charge in [-0.15, -0.1) is 0 Å². The third-order valence-corrected chi connectivity index (χ3v) is 3.46. The molecular weight excluding hydrogens is 262 g/mol. The summed E-state index contributed by atoms with van der Waals surface area (Å²) in [4.78, 5) is 4.75. The van der Waals surface area contributed by atoms with Crippen LogP contribution in [-0.4, -0.2) is 16.7 Å². The van der Waals surface area contributed by atoms with E-state index in [-0.39, 0.29) is 0 Å². The van der Waals surface area contributed by atoms with Gasteiger partial charge in [0.2, 0.25) is 0 Å². The van der Waals surface area contributed by atoms with Crippen molar-refractivity contribution in [2.45, 2.75) is 40.3 Å². The first-order chi connectivity index (χ1) is 10.1. The van der Waals surface area contributed by atoms with E-state index in [1.165, 1.54) is 0 Å². The standard InChI is InChI=1S/C17H25N3O/c1-5-15-19-16(17(18)20(15)10-12(2)3)14-8-6-7-13(9-14)11-21-4/h6-9,12H,5,10-11,18H2,1-4H3. The molecule has 4 nitrogen and oxygen atoms in total. The summed E-state index contributed by atoms with van der Waals surface area (Å²) in [6, 6.07) is 8.23. The van der Waals surface area contributed by atoms with Crippen LogP contribution in [0.2, 0.25) is 0 Å². The summed E-state index contributed by atoms with van der Waals surface area (Å²) >= 11 is 0. The maximum atomic E-state index is 6.35. The van der Waals surface area contributed by atoms with E-state index in [4.69, 9.17) is 15.5 Å². The molecule has 1 heterocycles. The quantitative estimate of drug-likeness (QED) is 0.884. The summed E-state index contributed by atoms with van der Waals surface area (Å²) in [5.74, 6) is 2.35. The average molecular weight is 287 g/mol. The predicted octanol–water partition coefficient (Wildman–Crippen LogP) is 3.50. The Bertz CT molecular complexity index is 602. The lowest BCUT2D eigenvalue weighted by atomic mass is 10.1. The van der Waals surface area contributed by atoms with E-state index in [0.29, 0.717) is 12.5 Å². The van der Waals surface area contributed by atoms with Crippen LogP contribution in [0.15, 0.2) is 24.3 Å². The Morgan fingerprint density at radius 1 is 1.33 bits per heavy atom. The Labute approximate surface area is 127 Å². The van der Waals surface area contributed by atoms with Crippen molar-refractivity contribution in [3.63, 3.8) is 0 Å². The molecule has 0 aliphatic heterocycles. The number of nitrogen functional groups attached to an aromatic ring is 1. The van der Waals surface area contributed by atoms with Crippen molar-refractivity contribution in [1.29, 1.82) is 0 Å². The fourth-order valence-electron chi connectivity index (χ4n) is 2.54. The van der Waals surface area contributed by atoms with Gasteiger partial charge < -0.3 is 15.0 Å². The molecule has 0 atom stereocenters. The molecule has 0 aliphatic carbocycles. The minimum atomic E-state index is 0.541. The van der Waals surface area contributed by atoms with Crippen LogP contribution in [0.3, 0.4) is 0 Å². The first-order valence-corrected chi connectivity index (χ1v) is 7.49. The van der Waals surface area contributed by atoms with Gasteiger partial charge in [0, 0.05) is 25.6 Å². The fourth-order valence-corrected chi connectivity index (χ4v) is 2.54. The van der Waals surface area contributed by atoms with Gasteiger partial charge in [-0.2, -0.15) is 0 Å². The second kappa shape index (κ2) is 6.76. The smallest absolute Gasteiger partial charge is 0.131 e. The highest BCUT2D eigenvalue weighted by molar-refractivity contribution is 5.71. The number of aryl methyl sites for hydroxylation is 1. The Morgan fingerprint density at radius 3 is 2.71 bits per heavy atom. The highest BCUT2D eigenvalue weighted by Gasteiger charge is 2.16. The van der Waals surface area contributed by atoms with Gasteiger partial charge >= 0.3 is 0 Å². The molecule has 0 amide bonds. The van der Waals surface area contributed by atoms with Crippen LogP contribution in [0.25, 0.3) is 11.3 Å². The van der Waals surface area contributed by atoms with Gasteiger partial charge in [0.05, 0.1) is 6.61 Å². The zero-order chi connectivity index (χ0) is 15.4. The monoisotopic (exact) mass is 287 g/mol. The number of aromatic nitrogens is 2. The van der Waals surface area contributed by atoms with Gasteiger partial charge in [-0.1, -0.05) is 39.0 Å². The van der Waals surface area contributed by atoms with Crippen LogP contribution in [0, 0.1) is 5.92 Å². The van der Waals surface area contributed by atoms with Crippen LogP contribution >= 0.6 is 0 Å². The van der Waals surface area contributed by atoms with Crippen LogP contribution in [0.1, 0.15) is 32.2 Å². The highest BCUT2D eigenvalue weighted by Crippen LogP contribution is 2.28. The molecule has 4 heteroatoms. The van der Waals surface area contributed by atoms with Crippen molar-refractivity contribution in [2.24, 2.45) is 5.92 Å². The maximum absolute atomic E-state index is 6.35. The molecule has 0 saturated heterocycles. The zero-order valence-corrected chi connectivity index (χ0v) is 13.4. The van der Waals surface area contributed by atoms with E-state index in [0.717, 1.165) is 41.4 Å². The number of ether oxygens (including phenoxy) is 1. The number of imidazole rings is 1. The van der Waals surface area contributed by atoms with Crippen molar-refractivity contribution >= 4 is 5.82 Å². The third kappa shape index (κ3) is 3.45. The maximum Gasteiger partial charge on any atom is 0.131 e. The summed E-state index contributed by atoms with van der Waals surface area (Å²) < 4.78 is 7.34. The van der Waals surface area contributed by atoms with Crippen molar-refractivity contribution in [3.05, 3.63) is 35.7 Å². The summed E-state index contributed by atoms with van der Waals surface area (Å²) in [5.41, 5.74) is 9.42. The minimum Gasteiger partial charge on any atom is -0.383 e.